The summed E-state index contributed by atoms with van der Waals surface area (Å²) in [7, 11) is -4.14. The second-order valence-electron chi connectivity index (χ2n) is 4.06. The van der Waals surface area contributed by atoms with Crippen molar-refractivity contribution >= 4 is 27.0 Å². The zero-order valence-electron chi connectivity index (χ0n) is 10.4. The maximum Gasteiger partial charge on any atom is 0.418 e. The van der Waals surface area contributed by atoms with Gasteiger partial charge in [-0.15, -0.1) is 11.3 Å². The average molecular weight is 337 g/mol. The van der Waals surface area contributed by atoms with Gasteiger partial charge in [0.25, 0.3) is 10.0 Å². The summed E-state index contributed by atoms with van der Waals surface area (Å²) in [4.78, 5) is 0.216. The number of alkyl halides is 3. The van der Waals surface area contributed by atoms with Gasteiger partial charge in [-0.05, 0) is 18.2 Å². The van der Waals surface area contributed by atoms with Crippen LogP contribution < -0.4 is 4.72 Å². The predicted molar refractivity (Wildman–Crippen MR) is 72.5 cm³/mol. The predicted octanol–water partition coefficient (Wildman–Crippen LogP) is 3.06. The standard InChI is InChI=1S/C12H10F3NO3S2/c13-12(14,15)10-3-1-2-4-11(10)16-21(18,19)9-5-8(6-17)20-7-9/h1-5,7,16-17H,6H2. The number of anilines is 1. The van der Waals surface area contributed by atoms with Crippen LogP contribution in [-0.4, -0.2) is 13.5 Å². The second kappa shape index (κ2) is 5.66. The molecule has 2 rings (SSSR count). The Labute approximate surface area is 122 Å². The van der Waals surface area contributed by atoms with Crippen molar-refractivity contribution in [2.24, 2.45) is 0 Å². The number of thiophene rings is 1. The van der Waals surface area contributed by atoms with Gasteiger partial charge in [0.15, 0.2) is 0 Å². The third-order valence-electron chi connectivity index (χ3n) is 2.57. The van der Waals surface area contributed by atoms with Gasteiger partial charge in [0.05, 0.1) is 22.8 Å². The molecule has 9 heteroatoms. The van der Waals surface area contributed by atoms with Crippen LogP contribution in [0, 0.1) is 0 Å². The van der Waals surface area contributed by atoms with E-state index >= 15 is 0 Å². The Kier molecular flexibility index (Phi) is 4.26. The summed E-state index contributed by atoms with van der Waals surface area (Å²) in [6, 6.07) is 5.53. The van der Waals surface area contributed by atoms with Gasteiger partial charge in [-0.3, -0.25) is 4.72 Å². The smallest absolute Gasteiger partial charge is 0.391 e. The van der Waals surface area contributed by atoms with Crippen LogP contribution in [0.3, 0.4) is 0 Å². The van der Waals surface area contributed by atoms with E-state index in [9.17, 15) is 21.6 Å². The number of sulfonamides is 1. The van der Waals surface area contributed by atoms with Crippen LogP contribution in [0.1, 0.15) is 10.4 Å². The fourth-order valence-corrected chi connectivity index (χ4v) is 3.82. The lowest BCUT2D eigenvalue weighted by molar-refractivity contribution is -0.136. The van der Waals surface area contributed by atoms with E-state index in [4.69, 9.17) is 5.11 Å². The Bertz CT molecular complexity index is 738. The van der Waals surface area contributed by atoms with Crippen LogP contribution in [0.25, 0.3) is 0 Å². The zero-order chi connectivity index (χ0) is 15.7. The molecule has 0 unspecified atom stereocenters. The van der Waals surface area contributed by atoms with Gasteiger partial charge in [-0.2, -0.15) is 13.2 Å². The minimum absolute atomic E-state index is 0.187. The maximum absolute atomic E-state index is 12.8. The van der Waals surface area contributed by atoms with E-state index in [1.807, 2.05) is 4.72 Å². The highest BCUT2D eigenvalue weighted by atomic mass is 32.2. The van der Waals surface area contributed by atoms with Gasteiger partial charge in [0.1, 0.15) is 0 Å². The van der Waals surface area contributed by atoms with Gasteiger partial charge in [0, 0.05) is 10.3 Å². The van der Waals surface area contributed by atoms with Crippen molar-refractivity contribution in [3.8, 4) is 0 Å². The first-order valence-electron chi connectivity index (χ1n) is 5.61. The molecule has 0 aliphatic heterocycles. The first-order valence-corrected chi connectivity index (χ1v) is 7.97. The Balaban J connectivity index is 2.38. The summed E-state index contributed by atoms with van der Waals surface area (Å²) in [5.41, 5.74) is -1.60. The lowest BCUT2D eigenvalue weighted by Gasteiger charge is -2.14. The van der Waals surface area contributed by atoms with Crippen molar-refractivity contribution in [1.29, 1.82) is 0 Å². The monoisotopic (exact) mass is 337 g/mol. The number of halogens is 3. The Morgan fingerprint density at radius 3 is 2.48 bits per heavy atom. The average Bonchev–Trinajstić information content (AvgIpc) is 2.87. The molecule has 0 aliphatic carbocycles. The molecule has 0 aliphatic rings. The van der Waals surface area contributed by atoms with Crippen LogP contribution in [0.2, 0.25) is 0 Å². The first-order chi connectivity index (χ1) is 9.74. The molecule has 2 N–H and O–H groups in total. The number of hydrogen-bond donors (Lipinski definition) is 2. The third kappa shape index (κ3) is 3.55. The third-order valence-corrected chi connectivity index (χ3v) is 4.99. The van der Waals surface area contributed by atoms with E-state index in [0.717, 1.165) is 23.5 Å². The number of rotatable bonds is 4. The largest absolute Gasteiger partial charge is 0.418 e. The first kappa shape index (κ1) is 15.8. The van der Waals surface area contributed by atoms with Crippen LogP contribution in [0.5, 0.6) is 0 Å². The normalized spacial score (nSPS) is 12.4. The molecule has 0 radical (unpaired) electrons. The highest BCUT2D eigenvalue weighted by Crippen LogP contribution is 2.35. The van der Waals surface area contributed by atoms with E-state index in [-0.39, 0.29) is 11.5 Å². The molecule has 2 aromatic rings. The molecule has 114 valence electrons. The summed E-state index contributed by atoms with van der Waals surface area (Å²) in [6.45, 7) is -0.334. The summed E-state index contributed by atoms with van der Waals surface area (Å²) in [5.74, 6) is 0. The summed E-state index contributed by atoms with van der Waals surface area (Å²) >= 11 is 1.01. The topological polar surface area (TPSA) is 66.4 Å². The molecule has 1 heterocycles. The molecular weight excluding hydrogens is 327 g/mol. The minimum atomic E-state index is -4.66. The number of aliphatic hydroxyl groups is 1. The van der Waals surface area contributed by atoms with Gasteiger partial charge in [-0.1, -0.05) is 12.1 Å². The van der Waals surface area contributed by atoms with Gasteiger partial charge >= 0.3 is 6.18 Å². The summed E-state index contributed by atoms with van der Waals surface area (Å²) in [6.07, 6.45) is -4.66. The summed E-state index contributed by atoms with van der Waals surface area (Å²) in [5, 5.41) is 10.2. The zero-order valence-corrected chi connectivity index (χ0v) is 12.0. The van der Waals surface area contributed by atoms with Crippen LogP contribution in [0.15, 0.2) is 40.6 Å². The van der Waals surface area contributed by atoms with E-state index in [2.05, 4.69) is 0 Å². The minimum Gasteiger partial charge on any atom is -0.391 e. The van der Waals surface area contributed by atoms with Crippen LogP contribution >= 0.6 is 11.3 Å². The molecule has 1 aromatic carbocycles. The number of aliphatic hydroxyl groups excluding tert-OH is 1. The molecule has 0 atom stereocenters. The molecule has 0 amide bonds. The van der Waals surface area contributed by atoms with Crippen LogP contribution in [-0.2, 0) is 22.8 Å². The van der Waals surface area contributed by atoms with Crippen molar-refractivity contribution in [2.75, 3.05) is 4.72 Å². The number of benzene rings is 1. The SMILES string of the molecule is O=S(=O)(Nc1ccccc1C(F)(F)F)c1csc(CO)c1. The van der Waals surface area contributed by atoms with Crippen molar-refractivity contribution < 1.29 is 26.7 Å². The van der Waals surface area contributed by atoms with Gasteiger partial charge in [0.2, 0.25) is 0 Å². The molecular formula is C12H10F3NO3S2. The van der Waals surface area contributed by atoms with E-state index in [1.54, 1.807) is 0 Å². The number of hydrogen-bond acceptors (Lipinski definition) is 4. The number of para-hydroxylation sites is 1. The molecule has 0 fully saturated rings. The molecule has 0 saturated heterocycles. The van der Waals surface area contributed by atoms with Crippen molar-refractivity contribution in [3.63, 3.8) is 0 Å². The summed E-state index contributed by atoms with van der Waals surface area (Å²) < 4.78 is 64.5. The quantitative estimate of drug-likeness (QED) is 0.901. The van der Waals surface area contributed by atoms with Crippen molar-refractivity contribution in [1.82, 2.24) is 0 Å². The van der Waals surface area contributed by atoms with E-state index < -0.39 is 27.5 Å². The molecule has 0 spiro atoms. The molecule has 0 bridgehead atoms. The molecule has 0 saturated carbocycles. The molecule has 1 aromatic heterocycles. The Morgan fingerprint density at radius 1 is 1.24 bits per heavy atom. The van der Waals surface area contributed by atoms with Crippen molar-refractivity contribution in [3.05, 3.63) is 46.2 Å². The van der Waals surface area contributed by atoms with Gasteiger partial charge < -0.3 is 5.11 Å². The Hall–Kier alpha value is -1.58. The number of nitrogens with one attached hydrogen (secondary N) is 1. The highest BCUT2D eigenvalue weighted by Gasteiger charge is 2.34. The lowest BCUT2D eigenvalue weighted by Crippen LogP contribution is -2.16. The maximum atomic E-state index is 12.8. The fourth-order valence-electron chi connectivity index (χ4n) is 1.61. The molecule has 21 heavy (non-hydrogen) atoms. The van der Waals surface area contributed by atoms with Crippen molar-refractivity contribution in [2.45, 2.75) is 17.7 Å². The fraction of sp³-hybridized carbons (Fsp3) is 0.167. The van der Waals surface area contributed by atoms with Crippen LogP contribution in [0.4, 0.5) is 18.9 Å². The van der Waals surface area contributed by atoms with E-state index in [0.29, 0.717) is 4.88 Å². The Morgan fingerprint density at radius 2 is 1.90 bits per heavy atom. The second-order valence-corrected chi connectivity index (χ2v) is 6.73. The lowest BCUT2D eigenvalue weighted by atomic mass is 10.2. The van der Waals surface area contributed by atoms with E-state index in [1.165, 1.54) is 23.6 Å². The van der Waals surface area contributed by atoms with Gasteiger partial charge in [-0.25, -0.2) is 8.42 Å². The molecule has 4 nitrogen and oxygen atoms in total. The highest BCUT2D eigenvalue weighted by molar-refractivity contribution is 7.92.